The van der Waals surface area contributed by atoms with Gasteiger partial charge >= 0.3 is 0 Å². The molecule has 5 rings (SSSR count). The third-order valence-corrected chi connectivity index (χ3v) is 7.43. The summed E-state index contributed by atoms with van der Waals surface area (Å²) in [6, 6.07) is 11.7. The molecule has 0 radical (unpaired) electrons. The second-order valence-corrected chi connectivity index (χ2v) is 8.98. The summed E-state index contributed by atoms with van der Waals surface area (Å²) in [6.07, 6.45) is 1.32. The van der Waals surface area contributed by atoms with Crippen LogP contribution in [-0.2, 0) is 21.2 Å². The quantitative estimate of drug-likeness (QED) is 0.786. The van der Waals surface area contributed by atoms with Gasteiger partial charge in [-0.2, -0.15) is 4.31 Å². The Bertz CT molecular complexity index is 1050. The first-order valence-electron chi connectivity index (χ1n) is 9.36. The van der Waals surface area contributed by atoms with E-state index in [9.17, 15) is 13.2 Å². The Morgan fingerprint density at radius 3 is 2.57 bits per heavy atom. The van der Waals surface area contributed by atoms with Gasteiger partial charge in [0.05, 0.1) is 4.90 Å². The normalized spacial score (nSPS) is 21.1. The number of carbonyl (C=O) groups excluding carboxylic acids is 1. The summed E-state index contributed by atoms with van der Waals surface area (Å²) < 4.78 is 38.5. The molecule has 1 fully saturated rings. The lowest BCUT2D eigenvalue weighted by molar-refractivity contribution is -0.124. The molecule has 0 unspecified atom stereocenters. The highest BCUT2D eigenvalue weighted by atomic mass is 32.2. The van der Waals surface area contributed by atoms with E-state index in [0.29, 0.717) is 44.2 Å². The van der Waals surface area contributed by atoms with Crippen molar-refractivity contribution < 1.29 is 22.7 Å². The maximum Gasteiger partial charge on any atom is 0.245 e. The van der Waals surface area contributed by atoms with E-state index in [1.807, 2.05) is 24.3 Å². The molecule has 1 saturated heterocycles. The van der Waals surface area contributed by atoms with Crippen LogP contribution in [-0.4, -0.2) is 51.0 Å². The molecule has 0 N–H and O–H groups in total. The lowest BCUT2D eigenvalue weighted by atomic mass is 10.1. The zero-order valence-electron chi connectivity index (χ0n) is 15.2. The van der Waals surface area contributed by atoms with Crippen molar-refractivity contribution in [3.8, 4) is 11.5 Å². The van der Waals surface area contributed by atoms with Gasteiger partial charge in [0, 0.05) is 24.8 Å². The van der Waals surface area contributed by atoms with Gasteiger partial charge in [-0.25, -0.2) is 8.42 Å². The second kappa shape index (κ2) is 6.49. The van der Waals surface area contributed by atoms with Gasteiger partial charge in [-0.15, -0.1) is 0 Å². The molecular formula is C20H20N2O5S. The predicted octanol–water partition coefficient (Wildman–Crippen LogP) is 1.81. The van der Waals surface area contributed by atoms with Gasteiger partial charge in [0.15, 0.2) is 11.5 Å². The molecule has 0 aromatic heterocycles. The van der Waals surface area contributed by atoms with Gasteiger partial charge in [-0.3, -0.25) is 4.79 Å². The first kappa shape index (κ1) is 17.5. The van der Waals surface area contributed by atoms with Crippen LogP contribution in [0.1, 0.15) is 12.0 Å². The number of nitrogens with zero attached hydrogens (tertiary/aromatic N) is 2. The Morgan fingerprint density at radius 1 is 1.00 bits per heavy atom. The van der Waals surface area contributed by atoms with Crippen molar-refractivity contribution >= 4 is 21.6 Å². The first-order chi connectivity index (χ1) is 13.6. The molecule has 28 heavy (non-hydrogen) atoms. The largest absolute Gasteiger partial charge is 0.486 e. The van der Waals surface area contributed by atoms with E-state index in [1.54, 1.807) is 11.0 Å². The topological polar surface area (TPSA) is 76.2 Å². The van der Waals surface area contributed by atoms with Crippen LogP contribution >= 0.6 is 0 Å². The molecular weight excluding hydrogens is 380 g/mol. The Balaban J connectivity index is 1.40. The van der Waals surface area contributed by atoms with Gasteiger partial charge in [0.2, 0.25) is 15.9 Å². The highest BCUT2D eigenvalue weighted by molar-refractivity contribution is 7.89. The van der Waals surface area contributed by atoms with Gasteiger partial charge in [-0.05, 0) is 36.6 Å². The minimum Gasteiger partial charge on any atom is -0.486 e. The fourth-order valence-electron chi connectivity index (χ4n) is 3.96. The molecule has 3 aliphatic heterocycles. The highest BCUT2D eigenvalue weighted by Crippen LogP contribution is 2.36. The molecule has 1 amide bonds. The first-order valence-corrected chi connectivity index (χ1v) is 10.8. The zero-order chi connectivity index (χ0) is 19.3. The minimum atomic E-state index is -3.79. The number of para-hydroxylation sites is 1. The SMILES string of the molecule is O=C([C@@H]1CCN1S(=O)(=O)c1ccc2c(c1)OCCO2)N1CCc2ccccc21. The Kier molecular flexibility index (Phi) is 4.06. The number of hydrogen-bond donors (Lipinski definition) is 0. The summed E-state index contributed by atoms with van der Waals surface area (Å²) in [4.78, 5) is 14.9. The van der Waals surface area contributed by atoms with Crippen molar-refractivity contribution in [3.05, 3.63) is 48.0 Å². The molecule has 0 bridgehead atoms. The number of carbonyl (C=O) groups is 1. The number of ether oxygens (including phenoxy) is 2. The molecule has 1 atom stereocenters. The molecule has 7 nitrogen and oxygen atoms in total. The maximum atomic E-state index is 13.1. The smallest absolute Gasteiger partial charge is 0.245 e. The standard InChI is InChI=1S/C20H20N2O5S/c23-20(21-9-7-14-3-1-2-4-16(14)21)17-8-10-22(17)28(24,25)15-5-6-18-19(13-15)27-12-11-26-18/h1-6,13,17H,7-12H2/t17-/m0/s1. The monoisotopic (exact) mass is 400 g/mol. The van der Waals surface area contributed by atoms with Crippen LogP contribution in [0.15, 0.2) is 47.4 Å². The van der Waals surface area contributed by atoms with Crippen LogP contribution in [0.5, 0.6) is 11.5 Å². The molecule has 146 valence electrons. The number of rotatable bonds is 3. The highest BCUT2D eigenvalue weighted by Gasteiger charge is 2.45. The number of amides is 1. The molecule has 3 aliphatic rings. The van der Waals surface area contributed by atoms with Gasteiger partial charge in [0.1, 0.15) is 19.3 Å². The van der Waals surface area contributed by atoms with Crippen molar-refractivity contribution in [1.29, 1.82) is 0 Å². The number of anilines is 1. The van der Waals surface area contributed by atoms with Crippen LogP contribution in [0, 0.1) is 0 Å². The van der Waals surface area contributed by atoms with Gasteiger partial charge in [-0.1, -0.05) is 18.2 Å². The second-order valence-electron chi connectivity index (χ2n) is 7.09. The predicted molar refractivity (Wildman–Crippen MR) is 102 cm³/mol. The van der Waals surface area contributed by atoms with Crippen LogP contribution in [0.4, 0.5) is 5.69 Å². The van der Waals surface area contributed by atoms with Gasteiger partial charge < -0.3 is 14.4 Å². The number of sulfonamides is 1. The van der Waals surface area contributed by atoms with E-state index in [2.05, 4.69) is 0 Å². The van der Waals surface area contributed by atoms with E-state index < -0.39 is 16.1 Å². The maximum absolute atomic E-state index is 13.1. The summed E-state index contributed by atoms with van der Waals surface area (Å²) in [7, 11) is -3.79. The Labute approximate surface area is 163 Å². The molecule has 2 aromatic rings. The summed E-state index contributed by atoms with van der Waals surface area (Å²) in [6.45, 7) is 1.75. The third-order valence-electron chi connectivity index (χ3n) is 5.53. The van der Waals surface area contributed by atoms with E-state index in [0.717, 1.165) is 17.7 Å². The zero-order valence-corrected chi connectivity index (χ0v) is 16.0. The number of fused-ring (bicyclic) bond motifs is 2. The van der Waals surface area contributed by atoms with E-state index in [1.165, 1.54) is 16.4 Å². The molecule has 0 aliphatic carbocycles. The van der Waals surface area contributed by atoms with Gasteiger partial charge in [0.25, 0.3) is 0 Å². The van der Waals surface area contributed by atoms with E-state index >= 15 is 0 Å². The van der Waals surface area contributed by atoms with Crippen LogP contribution in [0.2, 0.25) is 0 Å². The lowest BCUT2D eigenvalue weighted by Crippen LogP contribution is -2.58. The third kappa shape index (κ3) is 2.67. The minimum absolute atomic E-state index is 0.121. The van der Waals surface area contributed by atoms with Crippen molar-refractivity contribution in [3.63, 3.8) is 0 Å². The fourth-order valence-corrected chi connectivity index (χ4v) is 5.61. The van der Waals surface area contributed by atoms with Crippen molar-refractivity contribution in [2.45, 2.75) is 23.8 Å². The number of hydrogen-bond acceptors (Lipinski definition) is 5. The van der Waals surface area contributed by atoms with Crippen LogP contribution in [0.3, 0.4) is 0 Å². The summed E-state index contributed by atoms with van der Waals surface area (Å²) in [5, 5.41) is 0. The average molecular weight is 400 g/mol. The van der Waals surface area contributed by atoms with E-state index in [-0.39, 0.29) is 10.8 Å². The van der Waals surface area contributed by atoms with Crippen molar-refractivity contribution in [2.75, 3.05) is 31.2 Å². The van der Waals surface area contributed by atoms with Crippen molar-refractivity contribution in [1.82, 2.24) is 4.31 Å². The van der Waals surface area contributed by atoms with Crippen molar-refractivity contribution in [2.24, 2.45) is 0 Å². The molecule has 0 spiro atoms. The summed E-state index contributed by atoms with van der Waals surface area (Å²) in [5.41, 5.74) is 2.01. The number of benzene rings is 2. The summed E-state index contributed by atoms with van der Waals surface area (Å²) in [5.74, 6) is 0.802. The van der Waals surface area contributed by atoms with Crippen LogP contribution < -0.4 is 14.4 Å². The summed E-state index contributed by atoms with van der Waals surface area (Å²) >= 11 is 0. The average Bonchev–Trinajstić information content (AvgIpc) is 3.10. The molecule has 3 heterocycles. The lowest BCUT2D eigenvalue weighted by Gasteiger charge is -2.40. The molecule has 0 saturated carbocycles. The fraction of sp³-hybridized carbons (Fsp3) is 0.350. The molecule has 8 heteroatoms. The molecule has 2 aromatic carbocycles. The Morgan fingerprint density at radius 2 is 1.79 bits per heavy atom. The van der Waals surface area contributed by atoms with Crippen LogP contribution in [0.25, 0.3) is 0 Å². The Hall–Kier alpha value is -2.58. The van der Waals surface area contributed by atoms with E-state index in [4.69, 9.17) is 9.47 Å².